The first-order valence-corrected chi connectivity index (χ1v) is 6.40. The molecular weight excluding hydrogens is 246 g/mol. The molecule has 5 nitrogen and oxygen atoms in total. The molecule has 19 heavy (non-hydrogen) atoms. The highest BCUT2D eigenvalue weighted by atomic mass is 16.5. The van der Waals surface area contributed by atoms with Gasteiger partial charge in [0.2, 0.25) is 0 Å². The van der Waals surface area contributed by atoms with Crippen LogP contribution in [0.15, 0.2) is 18.2 Å². The summed E-state index contributed by atoms with van der Waals surface area (Å²) in [5.41, 5.74) is 0.493. The Labute approximate surface area is 113 Å². The quantitative estimate of drug-likeness (QED) is 0.740. The summed E-state index contributed by atoms with van der Waals surface area (Å²) in [6.45, 7) is 4.72. The lowest BCUT2D eigenvalue weighted by Gasteiger charge is -2.18. The molecule has 0 aliphatic rings. The number of rotatable bonds is 7. The van der Waals surface area contributed by atoms with E-state index in [2.05, 4.69) is 5.32 Å². The Bertz CT molecular complexity index is 420. The molecule has 1 atom stereocenters. The number of aromatic hydroxyl groups is 1. The van der Waals surface area contributed by atoms with Crippen molar-refractivity contribution in [3.8, 4) is 11.5 Å². The maximum absolute atomic E-state index is 11.9. The van der Waals surface area contributed by atoms with E-state index in [1.165, 1.54) is 13.2 Å². The first-order chi connectivity index (χ1) is 9.13. The molecular formula is C14H21NO4. The molecule has 0 amide bonds. The van der Waals surface area contributed by atoms with Gasteiger partial charge >= 0.3 is 5.97 Å². The Morgan fingerprint density at radius 3 is 2.68 bits per heavy atom. The predicted octanol–water partition coefficient (Wildman–Crippen LogP) is 2.00. The van der Waals surface area contributed by atoms with Crippen LogP contribution in [0.4, 0.5) is 0 Å². The van der Waals surface area contributed by atoms with Crippen molar-refractivity contribution in [1.29, 1.82) is 0 Å². The minimum Gasteiger partial charge on any atom is -0.507 e. The lowest BCUT2D eigenvalue weighted by atomic mass is 10.1. The Balaban J connectivity index is 2.99. The van der Waals surface area contributed by atoms with Crippen LogP contribution in [0.3, 0.4) is 0 Å². The summed E-state index contributed by atoms with van der Waals surface area (Å²) in [7, 11) is 1.52. The second-order valence-corrected chi connectivity index (χ2v) is 4.06. The summed E-state index contributed by atoms with van der Waals surface area (Å²) < 4.78 is 10.0. The number of hydrogen-bond donors (Lipinski definition) is 2. The topological polar surface area (TPSA) is 67.8 Å². The van der Waals surface area contributed by atoms with Gasteiger partial charge in [-0.3, -0.25) is 0 Å². The zero-order chi connectivity index (χ0) is 14.3. The van der Waals surface area contributed by atoms with Crippen LogP contribution in [0.25, 0.3) is 0 Å². The zero-order valence-electron chi connectivity index (χ0n) is 11.6. The molecule has 0 heterocycles. The number of carbonyl (C=O) groups is 1. The molecule has 106 valence electrons. The van der Waals surface area contributed by atoms with Crippen LogP contribution in [-0.4, -0.2) is 31.3 Å². The molecule has 5 heteroatoms. The number of phenols is 1. The molecule has 1 aromatic rings. The van der Waals surface area contributed by atoms with Gasteiger partial charge in [0.25, 0.3) is 0 Å². The Morgan fingerprint density at radius 2 is 2.16 bits per heavy atom. The molecule has 1 rings (SSSR count). The maximum atomic E-state index is 11.9. The minimum atomic E-state index is -0.661. The highest BCUT2D eigenvalue weighted by Gasteiger charge is 2.24. The van der Waals surface area contributed by atoms with E-state index in [1.807, 2.05) is 6.92 Å². The second-order valence-electron chi connectivity index (χ2n) is 4.06. The van der Waals surface area contributed by atoms with Crippen molar-refractivity contribution < 1.29 is 19.4 Å². The molecule has 0 aliphatic carbocycles. The second kappa shape index (κ2) is 7.63. The number of esters is 1. The van der Waals surface area contributed by atoms with Crippen molar-refractivity contribution in [2.75, 3.05) is 20.3 Å². The molecule has 0 spiro atoms. The molecule has 0 aliphatic heterocycles. The van der Waals surface area contributed by atoms with E-state index >= 15 is 0 Å². The van der Waals surface area contributed by atoms with Gasteiger partial charge in [0.05, 0.1) is 13.7 Å². The predicted molar refractivity (Wildman–Crippen MR) is 72.3 cm³/mol. The number of benzene rings is 1. The first-order valence-electron chi connectivity index (χ1n) is 6.40. The number of phenolic OH excluding ortho intramolecular Hbond substituents is 1. The molecule has 0 aromatic heterocycles. The number of hydrogen-bond acceptors (Lipinski definition) is 5. The van der Waals surface area contributed by atoms with Gasteiger partial charge in [0.1, 0.15) is 17.5 Å². The highest BCUT2D eigenvalue weighted by molar-refractivity contribution is 5.78. The lowest BCUT2D eigenvalue weighted by molar-refractivity contribution is -0.145. The zero-order valence-corrected chi connectivity index (χ0v) is 11.6. The number of carbonyl (C=O) groups excluding carboxylic acids is 1. The monoisotopic (exact) mass is 267 g/mol. The lowest BCUT2D eigenvalue weighted by Crippen LogP contribution is -2.30. The van der Waals surface area contributed by atoms with Gasteiger partial charge in [-0.25, -0.2) is 4.79 Å². The number of ether oxygens (including phenoxy) is 2. The van der Waals surface area contributed by atoms with Crippen molar-refractivity contribution in [1.82, 2.24) is 5.32 Å². The molecule has 0 radical (unpaired) electrons. The number of nitrogens with one attached hydrogen (secondary N) is 1. The Kier molecular flexibility index (Phi) is 6.15. The Morgan fingerprint density at radius 1 is 1.42 bits per heavy atom. The smallest absolute Gasteiger partial charge is 0.327 e. The summed E-state index contributed by atoms with van der Waals surface area (Å²) in [5.74, 6) is 0.164. The molecule has 2 N–H and O–H groups in total. The average Bonchev–Trinajstić information content (AvgIpc) is 2.40. The standard InChI is InChI=1S/C14H21NO4/c1-4-8-15-13(14(17)19-5-2)11-7-6-10(18-3)9-12(11)16/h6-7,9,13,15-16H,4-5,8H2,1-3H3. The fourth-order valence-corrected chi connectivity index (χ4v) is 1.73. The van der Waals surface area contributed by atoms with Gasteiger partial charge in [-0.05, 0) is 32.0 Å². The van der Waals surface area contributed by atoms with Gasteiger partial charge in [0.15, 0.2) is 0 Å². The minimum absolute atomic E-state index is 0.0148. The third kappa shape index (κ3) is 4.13. The number of methoxy groups -OCH3 is 1. The summed E-state index contributed by atoms with van der Waals surface area (Å²) in [6.07, 6.45) is 0.882. The van der Waals surface area contributed by atoms with Crippen molar-refractivity contribution in [2.45, 2.75) is 26.3 Å². The van der Waals surface area contributed by atoms with Gasteiger partial charge in [0, 0.05) is 11.6 Å². The highest BCUT2D eigenvalue weighted by Crippen LogP contribution is 2.29. The van der Waals surface area contributed by atoms with Crippen LogP contribution >= 0.6 is 0 Å². The summed E-state index contributed by atoms with van der Waals surface area (Å²) in [5, 5.41) is 13.1. The van der Waals surface area contributed by atoms with Crippen LogP contribution in [0.5, 0.6) is 11.5 Å². The molecule has 0 saturated carbocycles. The van der Waals surface area contributed by atoms with E-state index in [0.29, 0.717) is 24.5 Å². The summed E-state index contributed by atoms with van der Waals surface area (Å²) in [4.78, 5) is 11.9. The fourth-order valence-electron chi connectivity index (χ4n) is 1.73. The average molecular weight is 267 g/mol. The molecule has 1 aromatic carbocycles. The SMILES string of the molecule is CCCNC(C(=O)OCC)c1ccc(OC)cc1O. The van der Waals surface area contributed by atoms with Crippen molar-refractivity contribution in [2.24, 2.45) is 0 Å². The van der Waals surface area contributed by atoms with Crippen molar-refractivity contribution in [3.05, 3.63) is 23.8 Å². The van der Waals surface area contributed by atoms with Crippen LogP contribution < -0.4 is 10.1 Å². The third-order valence-corrected chi connectivity index (χ3v) is 2.67. The van der Waals surface area contributed by atoms with Crippen molar-refractivity contribution >= 4 is 5.97 Å². The third-order valence-electron chi connectivity index (χ3n) is 2.67. The van der Waals surface area contributed by atoms with E-state index in [-0.39, 0.29) is 5.75 Å². The van der Waals surface area contributed by atoms with Gasteiger partial charge < -0.3 is 19.9 Å². The van der Waals surface area contributed by atoms with Crippen LogP contribution in [-0.2, 0) is 9.53 Å². The molecule has 0 saturated heterocycles. The van der Waals surface area contributed by atoms with Gasteiger partial charge in [-0.15, -0.1) is 0 Å². The van der Waals surface area contributed by atoms with Gasteiger partial charge in [-0.1, -0.05) is 6.92 Å². The Hall–Kier alpha value is -1.75. The normalized spacial score (nSPS) is 11.9. The van der Waals surface area contributed by atoms with E-state index in [9.17, 15) is 9.90 Å². The maximum Gasteiger partial charge on any atom is 0.327 e. The first kappa shape index (κ1) is 15.3. The summed E-state index contributed by atoms with van der Waals surface area (Å²) in [6, 6.07) is 4.19. The van der Waals surface area contributed by atoms with E-state index in [1.54, 1.807) is 19.1 Å². The molecule has 0 fully saturated rings. The van der Waals surface area contributed by atoms with E-state index in [4.69, 9.17) is 9.47 Å². The van der Waals surface area contributed by atoms with Crippen LogP contribution in [0, 0.1) is 0 Å². The largest absolute Gasteiger partial charge is 0.507 e. The van der Waals surface area contributed by atoms with E-state index < -0.39 is 12.0 Å². The van der Waals surface area contributed by atoms with Crippen LogP contribution in [0.1, 0.15) is 31.9 Å². The molecule has 0 bridgehead atoms. The van der Waals surface area contributed by atoms with E-state index in [0.717, 1.165) is 6.42 Å². The van der Waals surface area contributed by atoms with Crippen molar-refractivity contribution in [3.63, 3.8) is 0 Å². The van der Waals surface area contributed by atoms with Crippen LogP contribution in [0.2, 0.25) is 0 Å². The molecule has 1 unspecified atom stereocenters. The fraction of sp³-hybridized carbons (Fsp3) is 0.500. The summed E-state index contributed by atoms with van der Waals surface area (Å²) >= 11 is 0. The van der Waals surface area contributed by atoms with Gasteiger partial charge in [-0.2, -0.15) is 0 Å².